The molecule has 39 heavy (non-hydrogen) atoms. The first kappa shape index (κ1) is 24.5. The van der Waals surface area contributed by atoms with Crippen molar-refractivity contribution in [3.05, 3.63) is 59.7 Å². The summed E-state index contributed by atoms with van der Waals surface area (Å²) in [6.07, 6.45) is 5.68. The van der Waals surface area contributed by atoms with Crippen molar-refractivity contribution in [2.45, 2.75) is 19.0 Å². The van der Waals surface area contributed by atoms with Crippen LogP contribution in [-0.4, -0.2) is 65.6 Å². The molecule has 3 aromatic rings. The summed E-state index contributed by atoms with van der Waals surface area (Å²) in [6.45, 7) is 0.806. The van der Waals surface area contributed by atoms with Gasteiger partial charge in [-0.1, -0.05) is 0 Å². The van der Waals surface area contributed by atoms with Crippen LogP contribution in [0.3, 0.4) is 0 Å². The minimum atomic E-state index is -1.00. The first-order valence-corrected chi connectivity index (χ1v) is 12.2. The molecule has 2 aromatic carbocycles. The van der Waals surface area contributed by atoms with E-state index in [1.165, 1.54) is 19.1 Å². The molecule has 1 amide bonds. The molecule has 6 rings (SSSR count). The fraction of sp³-hybridized carbons (Fsp3) is 0.296. The van der Waals surface area contributed by atoms with Crippen LogP contribution >= 0.6 is 0 Å². The third-order valence-electron chi connectivity index (χ3n) is 6.87. The minimum Gasteiger partial charge on any atom is -0.507 e. The summed E-state index contributed by atoms with van der Waals surface area (Å²) in [5.74, 6) is 0.258. The largest absolute Gasteiger partial charge is 0.507 e. The number of imidazole rings is 1. The first-order chi connectivity index (χ1) is 19.0. The maximum Gasteiger partial charge on any atom is 0.295 e. The molecule has 1 saturated heterocycles. The van der Waals surface area contributed by atoms with Crippen LogP contribution in [-0.2, 0) is 16.1 Å². The highest BCUT2D eigenvalue weighted by atomic mass is 16.7. The number of fused-ring (bicyclic) bond motifs is 2. The van der Waals surface area contributed by atoms with Crippen LogP contribution in [0.2, 0.25) is 0 Å². The van der Waals surface area contributed by atoms with E-state index >= 15 is 0 Å². The van der Waals surface area contributed by atoms with E-state index in [0.717, 1.165) is 0 Å². The van der Waals surface area contributed by atoms with Gasteiger partial charge in [0.15, 0.2) is 23.0 Å². The van der Waals surface area contributed by atoms with E-state index in [1.807, 2.05) is 10.8 Å². The lowest BCUT2D eigenvalue weighted by molar-refractivity contribution is -0.140. The lowest BCUT2D eigenvalue weighted by Gasteiger charge is -2.27. The van der Waals surface area contributed by atoms with Crippen LogP contribution in [0.1, 0.15) is 23.6 Å². The number of amides is 1. The van der Waals surface area contributed by atoms with E-state index in [0.29, 0.717) is 47.1 Å². The molecule has 12 nitrogen and oxygen atoms in total. The van der Waals surface area contributed by atoms with Crippen molar-refractivity contribution in [2.75, 3.05) is 34.4 Å². The minimum absolute atomic E-state index is 0.0272. The Labute approximate surface area is 222 Å². The Balaban J connectivity index is 1.49. The van der Waals surface area contributed by atoms with Gasteiger partial charge in [0, 0.05) is 36.6 Å². The van der Waals surface area contributed by atoms with Gasteiger partial charge in [-0.05, 0) is 30.7 Å². The number of methoxy groups -OCH3 is 2. The zero-order valence-electron chi connectivity index (χ0n) is 21.2. The fourth-order valence-electron chi connectivity index (χ4n) is 5.09. The molecule has 0 bridgehead atoms. The second-order valence-electron chi connectivity index (χ2n) is 8.98. The number of ether oxygens (including phenoxy) is 6. The van der Waals surface area contributed by atoms with Crippen LogP contribution in [0, 0.1) is 0 Å². The monoisotopic (exact) mass is 535 g/mol. The number of aromatic nitrogens is 2. The van der Waals surface area contributed by atoms with Gasteiger partial charge >= 0.3 is 0 Å². The lowest BCUT2D eigenvalue weighted by atomic mass is 9.93. The smallest absolute Gasteiger partial charge is 0.295 e. The summed E-state index contributed by atoms with van der Waals surface area (Å²) in [5, 5.41) is 11.5. The Kier molecular flexibility index (Phi) is 6.14. The van der Waals surface area contributed by atoms with Gasteiger partial charge in [0.05, 0.1) is 32.2 Å². The molecule has 202 valence electrons. The highest BCUT2D eigenvalue weighted by Crippen LogP contribution is 2.54. The molecule has 1 atom stereocenters. The van der Waals surface area contributed by atoms with Crippen molar-refractivity contribution in [2.24, 2.45) is 0 Å². The van der Waals surface area contributed by atoms with Crippen molar-refractivity contribution >= 4 is 17.4 Å². The number of likely N-dealkylation sites (tertiary alicyclic amines) is 1. The molecule has 0 radical (unpaired) electrons. The van der Waals surface area contributed by atoms with E-state index < -0.39 is 17.7 Å². The predicted octanol–water partition coefficient (Wildman–Crippen LogP) is 2.87. The van der Waals surface area contributed by atoms with Gasteiger partial charge in [0.1, 0.15) is 5.76 Å². The second kappa shape index (κ2) is 9.78. The zero-order chi connectivity index (χ0) is 27.1. The summed E-state index contributed by atoms with van der Waals surface area (Å²) < 4.78 is 35.2. The molecule has 3 aliphatic heterocycles. The molecule has 0 saturated carbocycles. The summed E-state index contributed by atoms with van der Waals surface area (Å²) in [4.78, 5) is 32.4. The van der Waals surface area contributed by atoms with E-state index in [-0.39, 0.29) is 43.0 Å². The van der Waals surface area contributed by atoms with Gasteiger partial charge in [-0.3, -0.25) is 9.59 Å². The lowest BCUT2D eigenvalue weighted by Crippen LogP contribution is -2.31. The molecule has 12 heteroatoms. The quantitative estimate of drug-likeness (QED) is 0.261. The van der Waals surface area contributed by atoms with Gasteiger partial charge in [-0.2, -0.15) is 0 Å². The average Bonchev–Trinajstić information content (AvgIpc) is 3.76. The Morgan fingerprint density at radius 2 is 1.77 bits per heavy atom. The predicted molar refractivity (Wildman–Crippen MR) is 134 cm³/mol. The number of rotatable bonds is 8. The fourth-order valence-corrected chi connectivity index (χ4v) is 5.09. The number of ketones is 1. The number of aryl methyl sites for hydroxylation is 1. The highest BCUT2D eigenvalue weighted by Gasteiger charge is 2.48. The Morgan fingerprint density at radius 1 is 1.00 bits per heavy atom. The third kappa shape index (κ3) is 4.04. The van der Waals surface area contributed by atoms with Crippen LogP contribution < -0.4 is 28.4 Å². The van der Waals surface area contributed by atoms with Gasteiger partial charge in [-0.25, -0.2) is 4.98 Å². The molecular formula is C27H25N3O9. The molecule has 4 heterocycles. The van der Waals surface area contributed by atoms with E-state index in [1.54, 1.807) is 36.8 Å². The zero-order valence-corrected chi connectivity index (χ0v) is 21.2. The number of aliphatic hydroxyl groups is 1. The molecule has 1 fully saturated rings. The van der Waals surface area contributed by atoms with E-state index in [9.17, 15) is 14.7 Å². The molecular weight excluding hydrogens is 510 g/mol. The third-order valence-corrected chi connectivity index (χ3v) is 6.87. The molecule has 1 N–H and O–H groups in total. The maximum atomic E-state index is 13.5. The van der Waals surface area contributed by atoms with Gasteiger partial charge in [0.25, 0.3) is 11.7 Å². The topological polar surface area (TPSA) is 131 Å². The molecule has 0 aliphatic carbocycles. The highest BCUT2D eigenvalue weighted by molar-refractivity contribution is 6.46. The van der Waals surface area contributed by atoms with E-state index in [2.05, 4.69) is 4.98 Å². The molecule has 1 aromatic heterocycles. The first-order valence-electron chi connectivity index (χ1n) is 12.2. The molecule has 3 aliphatic rings. The summed E-state index contributed by atoms with van der Waals surface area (Å²) in [7, 11) is 2.91. The van der Waals surface area contributed by atoms with Crippen LogP contribution in [0.5, 0.6) is 34.5 Å². The van der Waals surface area contributed by atoms with Gasteiger partial charge < -0.3 is 43.0 Å². The SMILES string of the molecule is COc1c(C2/C(=C(\O)c3ccc4c(c3)OCO4)C(=O)C(=O)N2CCCn2ccnc2)cc2c(c1OC)OCO2. The second-order valence-corrected chi connectivity index (χ2v) is 8.98. The van der Waals surface area contributed by atoms with Gasteiger partial charge in [0.2, 0.25) is 25.1 Å². The summed E-state index contributed by atoms with van der Waals surface area (Å²) in [5.41, 5.74) is 0.607. The van der Waals surface area contributed by atoms with Crippen molar-refractivity contribution < 1.29 is 43.1 Å². The normalized spacial score (nSPS) is 18.6. The Bertz CT molecular complexity index is 1480. The van der Waals surface area contributed by atoms with Crippen LogP contribution in [0.15, 0.2) is 48.6 Å². The summed E-state index contributed by atoms with van der Waals surface area (Å²) >= 11 is 0. The molecule has 0 spiro atoms. The number of benzene rings is 2. The van der Waals surface area contributed by atoms with Crippen LogP contribution in [0.25, 0.3) is 5.76 Å². The van der Waals surface area contributed by atoms with Crippen LogP contribution in [0.4, 0.5) is 0 Å². The maximum absolute atomic E-state index is 13.5. The van der Waals surface area contributed by atoms with Gasteiger partial charge in [-0.15, -0.1) is 0 Å². The number of carbonyl (C=O) groups excluding carboxylic acids is 2. The summed E-state index contributed by atoms with van der Waals surface area (Å²) in [6, 6.07) is 5.45. The van der Waals surface area contributed by atoms with Crippen molar-refractivity contribution in [3.8, 4) is 34.5 Å². The molecule has 1 unspecified atom stereocenters. The van der Waals surface area contributed by atoms with E-state index in [4.69, 9.17) is 28.4 Å². The Hall–Kier alpha value is -4.87. The van der Waals surface area contributed by atoms with Crippen molar-refractivity contribution in [1.82, 2.24) is 14.5 Å². The Morgan fingerprint density at radius 3 is 2.54 bits per heavy atom. The number of carbonyl (C=O) groups is 2. The number of hydrogen-bond acceptors (Lipinski definition) is 10. The average molecular weight is 536 g/mol. The number of hydrogen-bond donors (Lipinski definition) is 1. The number of Topliss-reactive ketones (excluding diaryl/α,β-unsaturated/α-hetero) is 1. The van der Waals surface area contributed by atoms with Crippen molar-refractivity contribution in [3.63, 3.8) is 0 Å². The number of aliphatic hydroxyl groups excluding tert-OH is 1. The number of nitrogens with zero attached hydrogens (tertiary/aromatic N) is 3. The standard InChI is InChI=1S/C27H25N3O9/c1-34-24-16(11-19-25(26(24)35-2)39-14-38-19)21-20(22(31)15-4-5-17-18(10-15)37-13-36-17)23(32)27(33)30(21)8-3-7-29-9-6-28-12-29/h4-6,9-12,21,31H,3,7-8,13-14H2,1-2H3/b22-20+. The van der Waals surface area contributed by atoms with Crippen molar-refractivity contribution in [1.29, 1.82) is 0 Å².